The van der Waals surface area contributed by atoms with Crippen molar-refractivity contribution in [2.24, 2.45) is 0 Å². The summed E-state index contributed by atoms with van der Waals surface area (Å²) in [6.07, 6.45) is 3.32. The Kier molecular flexibility index (Phi) is 3.90. The van der Waals surface area contributed by atoms with Crippen molar-refractivity contribution in [1.29, 1.82) is 0 Å². The standard InChI is InChI=1S/C17H18N6O3/c1-21-10-15(24)23-7-6-22(9-14(23)17(21)26)16(25)13-8-12(19-20-13)11-2-4-18-5-3-11/h2-5,8,14H,6-7,9-10H2,1H3,(H,19,20). The quantitative estimate of drug-likeness (QED) is 0.790. The predicted octanol–water partition coefficient (Wildman–Crippen LogP) is -0.403. The van der Waals surface area contributed by atoms with E-state index in [0.717, 1.165) is 5.56 Å². The number of pyridine rings is 1. The van der Waals surface area contributed by atoms with Gasteiger partial charge in [-0.3, -0.25) is 24.5 Å². The lowest BCUT2D eigenvalue weighted by molar-refractivity contribution is -0.157. The molecular weight excluding hydrogens is 336 g/mol. The molecule has 26 heavy (non-hydrogen) atoms. The van der Waals surface area contributed by atoms with E-state index < -0.39 is 6.04 Å². The Morgan fingerprint density at radius 1 is 1.23 bits per heavy atom. The number of rotatable bonds is 2. The molecule has 2 aromatic rings. The van der Waals surface area contributed by atoms with Gasteiger partial charge in [0.15, 0.2) is 0 Å². The lowest BCUT2D eigenvalue weighted by atomic mass is 10.1. The number of nitrogens with zero attached hydrogens (tertiary/aromatic N) is 5. The molecule has 0 aliphatic carbocycles. The molecule has 2 aliphatic rings. The van der Waals surface area contributed by atoms with E-state index in [1.165, 1.54) is 4.90 Å². The summed E-state index contributed by atoms with van der Waals surface area (Å²) in [4.78, 5) is 45.8. The largest absolute Gasteiger partial charge is 0.335 e. The fourth-order valence-corrected chi connectivity index (χ4v) is 3.38. The van der Waals surface area contributed by atoms with Gasteiger partial charge in [-0.05, 0) is 18.2 Å². The molecule has 0 radical (unpaired) electrons. The number of aromatic amines is 1. The molecule has 2 aliphatic heterocycles. The molecule has 4 rings (SSSR count). The van der Waals surface area contributed by atoms with Gasteiger partial charge in [0, 0.05) is 38.1 Å². The maximum absolute atomic E-state index is 12.8. The Hall–Kier alpha value is -3.23. The summed E-state index contributed by atoms with van der Waals surface area (Å²) < 4.78 is 0. The maximum atomic E-state index is 12.8. The van der Waals surface area contributed by atoms with Crippen molar-refractivity contribution < 1.29 is 14.4 Å². The van der Waals surface area contributed by atoms with Gasteiger partial charge in [0.2, 0.25) is 11.8 Å². The third-order valence-electron chi connectivity index (χ3n) is 4.81. The van der Waals surface area contributed by atoms with Gasteiger partial charge in [-0.25, -0.2) is 0 Å². The molecule has 1 N–H and O–H groups in total. The number of fused-ring (bicyclic) bond motifs is 1. The molecule has 3 amide bonds. The fourth-order valence-electron chi connectivity index (χ4n) is 3.38. The van der Waals surface area contributed by atoms with Crippen LogP contribution in [0, 0.1) is 0 Å². The van der Waals surface area contributed by atoms with Crippen LogP contribution in [0.3, 0.4) is 0 Å². The molecule has 0 saturated carbocycles. The van der Waals surface area contributed by atoms with Gasteiger partial charge >= 0.3 is 0 Å². The average molecular weight is 354 g/mol. The fraction of sp³-hybridized carbons (Fsp3) is 0.353. The summed E-state index contributed by atoms with van der Waals surface area (Å²) in [6.45, 7) is 1.04. The van der Waals surface area contributed by atoms with Gasteiger partial charge in [-0.2, -0.15) is 5.10 Å². The van der Waals surface area contributed by atoms with E-state index >= 15 is 0 Å². The first-order chi connectivity index (χ1) is 12.5. The first-order valence-corrected chi connectivity index (χ1v) is 8.34. The summed E-state index contributed by atoms with van der Waals surface area (Å²) >= 11 is 0. The number of hydrogen-bond acceptors (Lipinski definition) is 5. The molecule has 4 heterocycles. The first-order valence-electron chi connectivity index (χ1n) is 8.34. The van der Waals surface area contributed by atoms with E-state index in [9.17, 15) is 14.4 Å². The molecule has 1 unspecified atom stereocenters. The van der Waals surface area contributed by atoms with E-state index in [0.29, 0.717) is 24.5 Å². The average Bonchev–Trinajstić information content (AvgIpc) is 3.16. The molecular formula is C17H18N6O3. The Morgan fingerprint density at radius 2 is 2.00 bits per heavy atom. The highest BCUT2D eigenvalue weighted by Crippen LogP contribution is 2.20. The maximum Gasteiger partial charge on any atom is 0.272 e. The van der Waals surface area contributed by atoms with Crippen LogP contribution in [-0.4, -0.2) is 86.9 Å². The van der Waals surface area contributed by atoms with Crippen LogP contribution in [0.2, 0.25) is 0 Å². The second kappa shape index (κ2) is 6.25. The van der Waals surface area contributed by atoms with Crippen LogP contribution in [0.1, 0.15) is 10.5 Å². The second-order valence-corrected chi connectivity index (χ2v) is 6.45. The third kappa shape index (κ3) is 2.71. The van der Waals surface area contributed by atoms with Crippen LogP contribution in [0.5, 0.6) is 0 Å². The molecule has 0 spiro atoms. The highest BCUT2D eigenvalue weighted by atomic mass is 16.2. The Labute approximate surface area is 149 Å². The lowest BCUT2D eigenvalue weighted by Gasteiger charge is -2.45. The van der Waals surface area contributed by atoms with Crippen molar-refractivity contribution in [2.45, 2.75) is 6.04 Å². The SMILES string of the molecule is CN1CC(=O)N2CCN(C(=O)c3cc(-c4ccncc4)n[nH]3)CC2C1=O. The minimum atomic E-state index is -0.610. The summed E-state index contributed by atoms with van der Waals surface area (Å²) in [5, 5.41) is 6.95. The number of carbonyl (C=O) groups excluding carboxylic acids is 3. The zero-order valence-electron chi connectivity index (χ0n) is 14.3. The normalized spacial score (nSPS) is 20.3. The van der Waals surface area contributed by atoms with Crippen LogP contribution < -0.4 is 0 Å². The smallest absolute Gasteiger partial charge is 0.272 e. The number of likely N-dealkylation sites (N-methyl/N-ethyl adjacent to an activating group) is 1. The van der Waals surface area contributed by atoms with Crippen molar-refractivity contribution in [3.05, 3.63) is 36.3 Å². The number of nitrogens with one attached hydrogen (secondary N) is 1. The highest BCUT2D eigenvalue weighted by molar-refractivity contribution is 5.97. The molecule has 2 saturated heterocycles. The van der Waals surface area contributed by atoms with Gasteiger partial charge in [-0.15, -0.1) is 0 Å². The molecule has 0 aromatic carbocycles. The number of H-pyrrole nitrogens is 1. The third-order valence-corrected chi connectivity index (χ3v) is 4.81. The number of hydrogen-bond donors (Lipinski definition) is 1. The van der Waals surface area contributed by atoms with Crippen molar-refractivity contribution >= 4 is 17.7 Å². The molecule has 134 valence electrons. The molecule has 2 fully saturated rings. The summed E-state index contributed by atoms with van der Waals surface area (Å²) in [7, 11) is 1.61. The van der Waals surface area contributed by atoms with Crippen molar-refractivity contribution in [2.75, 3.05) is 33.2 Å². The van der Waals surface area contributed by atoms with Crippen LogP contribution in [0.15, 0.2) is 30.6 Å². The zero-order chi connectivity index (χ0) is 18.3. The molecule has 2 aromatic heterocycles. The monoisotopic (exact) mass is 354 g/mol. The van der Waals surface area contributed by atoms with Crippen LogP contribution in [0.4, 0.5) is 0 Å². The Morgan fingerprint density at radius 3 is 2.77 bits per heavy atom. The number of amides is 3. The summed E-state index contributed by atoms with van der Waals surface area (Å²) in [5.41, 5.74) is 1.86. The van der Waals surface area contributed by atoms with Gasteiger partial charge in [0.1, 0.15) is 11.7 Å². The summed E-state index contributed by atoms with van der Waals surface area (Å²) in [5.74, 6) is -0.444. The van der Waals surface area contributed by atoms with Crippen molar-refractivity contribution in [3.63, 3.8) is 0 Å². The van der Waals surface area contributed by atoms with Gasteiger partial charge in [0.05, 0.1) is 18.8 Å². The first kappa shape index (κ1) is 16.2. The van der Waals surface area contributed by atoms with E-state index in [2.05, 4.69) is 15.2 Å². The number of piperazine rings is 2. The van der Waals surface area contributed by atoms with Crippen molar-refractivity contribution in [1.82, 2.24) is 29.9 Å². The molecule has 9 nitrogen and oxygen atoms in total. The topological polar surface area (TPSA) is 102 Å². The molecule has 0 bridgehead atoms. The van der Waals surface area contributed by atoms with E-state index in [4.69, 9.17) is 0 Å². The number of aromatic nitrogens is 3. The zero-order valence-corrected chi connectivity index (χ0v) is 14.3. The minimum Gasteiger partial charge on any atom is -0.335 e. The van der Waals surface area contributed by atoms with Crippen molar-refractivity contribution in [3.8, 4) is 11.3 Å². The van der Waals surface area contributed by atoms with E-state index in [1.807, 2.05) is 12.1 Å². The predicted molar refractivity (Wildman–Crippen MR) is 90.9 cm³/mol. The van der Waals surface area contributed by atoms with Gasteiger partial charge in [-0.1, -0.05) is 0 Å². The van der Waals surface area contributed by atoms with Crippen LogP contribution >= 0.6 is 0 Å². The minimum absolute atomic E-state index is 0.0780. The van der Waals surface area contributed by atoms with E-state index in [-0.39, 0.29) is 30.8 Å². The van der Waals surface area contributed by atoms with E-state index in [1.54, 1.807) is 35.3 Å². The molecule has 9 heteroatoms. The highest BCUT2D eigenvalue weighted by Gasteiger charge is 2.42. The second-order valence-electron chi connectivity index (χ2n) is 6.45. The summed E-state index contributed by atoms with van der Waals surface area (Å²) in [6, 6.07) is 4.70. The Bertz CT molecular complexity index is 864. The Balaban J connectivity index is 1.52. The lowest BCUT2D eigenvalue weighted by Crippen LogP contribution is -2.66. The van der Waals surface area contributed by atoms with Crippen LogP contribution in [-0.2, 0) is 9.59 Å². The van der Waals surface area contributed by atoms with Crippen LogP contribution in [0.25, 0.3) is 11.3 Å². The number of carbonyl (C=O) groups is 3. The van der Waals surface area contributed by atoms with Gasteiger partial charge in [0.25, 0.3) is 5.91 Å². The molecule has 1 atom stereocenters. The van der Waals surface area contributed by atoms with Gasteiger partial charge < -0.3 is 14.7 Å².